The van der Waals surface area contributed by atoms with Crippen molar-refractivity contribution in [2.75, 3.05) is 0 Å². The van der Waals surface area contributed by atoms with Gasteiger partial charge in [-0.3, -0.25) is 4.79 Å². The maximum Gasteiger partial charge on any atom is 0.265 e. The smallest absolute Gasteiger partial charge is 0.265 e. The van der Waals surface area contributed by atoms with Crippen LogP contribution in [0.4, 0.5) is 0 Å². The van der Waals surface area contributed by atoms with Crippen LogP contribution in [0.15, 0.2) is 34.4 Å². The molecule has 0 amide bonds. The normalized spacial score (nSPS) is 11.0. The van der Waals surface area contributed by atoms with E-state index in [2.05, 4.69) is 19.9 Å². The van der Waals surface area contributed by atoms with Gasteiger partial charge in [-0.1, -0.05) is 43.6 Å². The van der Waals surface area contributed by atoms with Gasteiger partial charge in [-0.05, 0) is 24.0 Å². The Kier molecular flexibility index (Phi) is 2.97. The van der Waals surface area contributed by atoms with Gasteiger partial charge >= 0.3 is 0 Å². The van der Waals surface area contributed by atoms with E-state index in [1.807, 2.05) is 24.4 Å². The fraction of sp³-hybridized carbons (Fsp3) is 0.308. The summed E-state index contributed by atoms with van der Waals surface area (Å²) in [6.45, 7) is 6.35. The van der Waals surface area contributed by atoms with Gasteiger partial charge in [0.2, 0.25) is 0 Å². The summed E-state index contributed by atoms with van der Waals surface area (Å²) in [6.07, 6.45) is 0. The topological polar surface area (TPSA) is 22.0 Å². The van der Waals surface area contributed by atoms with Crippen LogP contribution in [0.25, 0.3) is 5.69 Å². The van der Waals surface area contributed by atoms with E-state index in [9.17, 15) is 4.79 Å². The van der Waals surface area contributed by atoms with Gasteiger partial charge in [0.05, 0.1) is 5.69 Å². The molecule has 0 aliphatic rings. The Hall–Kier alpha value is -1.35. The first-order chi connectivity index (χ1) is 7.61. The number of nitrogens with zero attached hydrogens (tertiary/aromatic N) is 1. The highest BCUT2D eigenvalue weighted by Crippen LogP contribution is 2.26. The summed E-state index contributed by atoms with van der Waals surface area (Å²) in [4.78, 5) is 11.7. The molecule has 0 bridgehead atoms. The molecule has 2 nitrogen and oxygen atoms in total. The van der Waals surface area contributed by atoms with Crippen molar-refractivity contribution in [3.8, 4) is 5.69 Å². The summed E-state index contributed by atoms with van der Waals surface area (Å²) in [5.74, 6) is 0.420. The quantitative estimate of drug-likeness (QED) is 0.780. The van der Waals surface area contributed by atoms with Gasteiger partial charge < -0.3 is 0 Å². The molecule has 0 fully saturated rings. The molecule has 0 spiro atoms. The van der Waals surface area contributed by atoms with E-state index in [0.29, 0.717) is 5.92 Å². The Morgan fingerprint density at radius 1 is 1.25 bits per heavy atom. The SMILES string of the molecule is Cc1cccc(C(C)C)c1-n1sccc1=O. The number of rotatable bonds is 2. The van der Waals surface area contributed by atoms with Crippen molar-refractivity contribution >= 4 is 11.5 Å². The van der Waals surface area contributed by atoms with E-state index in [1.165, 1.54) is 17.1 Å². The average molecular weight is 233 g/mol. The molecule has 84 valence electrons. The monoisotopic (exact) mass is 233 g/mol. The van der Waals surface area contributed by atoms with Crippen LogP contribution in [0.3, 0.4) is 0 Å². The van der Waals surface area contributed by atoms with Crippen molar-refractivity contribution in [3.63, 3.8) is 0 Å². The average Bonchev–Trinajstić information content (AvgIpc) is 2.64. The van der Waals surface area contributed by atoms with Gasteiger partial charge in [0.15, 0.2) is 0 Å². The first kappa shape index (κ1) is 11.1. The molecule has 1 aromatic carbocycles. The third-order valence-electron chi connectivity index (χ3n) is 2.67. The number of para-hydroxylation sites is 1. The summed E-state index contributed by atoms with van der Waals surface area (Å²) < 4.78 is 1.77. The number of aryl methyl sites for hydroxylation is 1. The fourth-order valence-corrected chi connectivity index (χ4v) is 2.68. The molecule has 0 aliphatic carbocycles. The van der Waals surface area contributed by atoms with Crippen LogP contribution < -0.4 is 5.56 Å². The summed E-state index contributed by atoms with van der Waals surface area (Å²) in [7, 11) is 0. The van der Waals surface area contributed by atoms with Gasteiger partial charge in [0, 0.05) is 11.4 Å². The van der Waals surface area contributed by atoms with Crippen LogP contribution in [-0.4, -0.2) is 3.96 Å². The van der Waals surface area contributed by atoms with Crippen molar-refractivity contribution in [2.24, 2.45) is 0 Å². The van der Waals surface area contributed by atoms with E-state index >= 15 is 0 Å². The maximum absolute atomic E-state index is 11.7. The van der Waals surface area contributed by atoms with Crippen LogP contribution in [0.2, 0.25) is 0 Å². The standard InChI is InChI=1S/C13H15NOS/c1-9(2)11-6-4-5-10(3)13(11)14-12(15)7-8-16-14/h4-9H,1-3H3. The van der Waals surface area contributed by atoms with E-state index in [4.69, 9.17) is 0 Å². The molecule has 1 heterocycles. The van der Waals surface area contributed by atoms with Crippen LogP contribution in [-0.2, 0) is 0 Å². The number of benzene rings is 1. The Balaban J connectivity index is 2.73. The van der Waals surface area contributed by atoms with E-state index in [-0.39, 0.29) is 5.56 Å². The highest BCUT2D eigenvalue weighted by atomic mass is 32.1. The highest BCUT2D eigenvalue weighted by Gasteiger charge is 2.12. The lowest BCUT2D eigenvalue weighted by atomic mass is 9.98. The molecular formula is C13H15NOS. The van der Waals surface area contributed by atoms with Gasteiger partial charge in [-0.2, -0.15) is 0 Å². The van der Waals surface area contributed by atoms with Crippen molar-refractivity contribution in [1.82, 2.24) is 3.96 Å². The molecule has 1 aromatic heterocycles. The Labute approximate surface area is 99.3 Å². The molecular weight excluding hydrogens is 218 g/mol. The largest absolute Gasteiger partial charge is 0.268 e. The molecule has 0 saturated carbocycles. The Bertz CT molecular complexity index is 551. The zero-order chi connectivity index (χ0) is 11.7. The minimum Gasteiger partial charge on any atom is -0.268 e. The van der Waals surface area contributed by atoms with Gasteiger partial charge in [-0.15, -0.1) is 0 Å². The Morgan fingerprint density at radius 2 is 2.00 bits per heavy atom. The molecule has 0 N–H and O–H groups in total. The van der Waals surface area contributed by atoms with Gasteiger partial charge in [0.25, 0.3) is 5.56 Å². The lowest BCUT2D eigenvalue weighted by Gasteiger charge is -2.14. The molecule has 0 aliphatic heterocycles. The van der Waals surface area contributed by atoms with Crippen molar-refractivity contribution < 1.29 is 0 Å². The molecule has 3 heteroatoms. The van der Waals surface area contributed by atoms with Crippen molar-refractivity contribution in [1.29, 1.82) is 0 Å². The second-order valence-electron chi connectivity index (χ2n) is 4.21. The number of hydrogen-bond acceptors (Lipinski definition) is 2. The molecule has 2 rings (SSSR count). The first-order valence-corrected chi connectivity index (χ1v) is 6.22. The molecule has 2 aromatic rings. The molecule has 0 unspecified atom stereocenters. The summed E-state index contributed by atoms with van der Waals surface area (Å²) in [6, 6.07) is 7.81. The summed E-state index contributed by atoms with van der Waals surface area (Å²) in [5, 5.41) is 1.83. The third-order valence-corrected chi connectivity index (χ3v) is 3.50. The lowest BCUT2D eigenvalue weighted by molar-refractivity contribution is 0.849. The minimum atomic E-state index is 0.0567. The number of aromatic nitrogens is 1. The molecule has 16 heavy (non-hydrogen) atoms. The second-order valence-corrected chi connectivity index (χ2v) is 5.06. The lowest BCUT2D eigenvalue weighted by Crippen LogP contribution is -2.13. The third kappa shape index (κ3) is 1.83. The minimum absolute atomic E-state index is 0.0567. The Morgan fingerprint density at radius 3 is 2.56 bits per heavy atom. The second kappa shape index (κ2) is 4.26. The predicted molar refractivity (Wildman–Crippen MR) is 68.7 cm³/mol. The first-order valence-electron chi connectivity index (χ1n) is 5.38. The zero-order valence-corrected chi connectivity index (χ0v) is 10.5. The van der Waals surface area contributed by atoms with Crippen LogP contribution >= 0.6 is 11.5 Å². The van der Waals surface area contributed by atoms with Crippen molar-refractivity contribution in [2.45, 2.75) is 26.7 Å². The predicted octanol–water partition coefficient (Wildman–Crippen LogP) is 3.33. The van der Waals surface area contributed by atoms with Crippen LogP contribution in [0, 0.1) is 6.92 Å². The zero-order valence-electron chi connectivity index (χ0n) is 9.73. The van der Waals surface area contributed by atoms with Gasteiger partial charge in [0.1, 0.15) is 0 Å². The molecule has 0 radical (unpaired) electrons. The maximum atomic E-state index is 11.7. The van der Waals surface area contributed by atoms with Gasteiger partial charge in [-0.25, -0.2) is 3.96 Å². The number of hydrogen-bond donors (Lipinski definition) is 0. The van der Waals surface area contributed by atoms with Crippen molar-refractivity contribution in [3.05, 3.63) is 51.1 Å². The molecule has 0 atom stereocenters. The van der Waals surface area contributed by atoms with E-state index < -0.39 is 0 Å². The summed E-state index contributed by atoms with van der Waals surface area (Å²) in [5.41, 5.74) is 3.49. The molecule has 0 saturated heterocycles. The summed E-state index contributed by atoms with van der Waals surface area (Å²) >= 11 is 1.45. The van der Waals surface area contributed by atoms with E-state index in [1.54, 1.807) is 10.0 Å². The van der Waals surface area contributed by atoms with Crippen LogP contribution in [0.1, 0.15) is 30.9 Å². The highest BCUT2D eigenvalue weighted by molar-refractivity contribution is 7.04. The fourth-order valence-electron chi connectivity index (χ4n) is 1.86. The van der Waals surface area contributed by atoms with E-state index in [0.717, 1.165) is 11.3 Å². The van der Waals surface area contributed by atoms with Crippen LogP contribution in [0.5, 0.6) is 0 Å².